The summed E-state index contributed by atoms with van der Waals surface area (Å²) in [6, 6.07) is 4.16. The third kappa shape index (κ3) is 3.77. The summed E-state index contributed by atoms with van der Waals surface area (Å²) in [6.07, 6.45) is 0. The fourth-order valence-corrected chi connectivity index (χ4v) is 1.48. The van der Waals surface area contributed by atoms with Crippen LogP contribution < -0.4 is 0 Å². The zero-order valence-corrected chi connectivity index (χ0v) is 11.0. The molecular formula is C11H12FIO2. The van der Waals surface area contributed by atoms with Crippen LogP contribution in [-0.4, -0.2) is 11.6 Å². The van der Waals surface area contributed by atoms with Gasteiger partial charge in [-0.1, -0.05) is 0 Å². The minimum atomic E-state index is -0.531. The van der Waals surface area contributed by atoms with E-state index in [1.165, 1.54) is 18.2 Å². The van der Waals surface area contributed by atoms with Crippen LogP contribution in [0.25, 0.3) is 0 Å². The Kier molecular flexibility index (Phi) is 3.70. The van der Waals surface area contributed by atoms with Gasteiger partial charge in [0.1, 0.15) is 11.4 Å². The second kappa shape index (κ2) is 4.47. The van der Waals surface area contributed by atoms with Gasteiger partial charge in [-0.05, 0) is 61.6 Å². The highest BCUT2D eigenvalue weighted by Gasteiger charge is 2.18. The predicted molar refractivity (Wildman–Crippen MR) is 64.3 cm³/mol. The Labute approximate surface area is 102 Å². The number of benzene rings is 1. The van der Waals surface area contributed by atoms with Crippen LogP contribution in [-0.2, 0) is 4.74 Å². The molecule has 4 heteroatoms. The van der Waals surface area contributed by atoms with Gasteiger partial charge in [0, 0.05) is 3.57 Å². The first-order valence-electron chi connectivity index (χ1n) is 4.48. The number of rotatable bonds is 1. The molecule has 0 saturated carbocycles. The van der Waals surface area contributed by atoms with Crippen LogP contribution in [0.15, 0.2) is 18.2 Å². The van der Waals surface area contributed by atoms with Crippen molar-refractivity contribution in [2.24, 2.45) is 0 Å². The normalized spacial score (nSPS) is 11.3. The van der Waals surface area contributed by atoms with Crippen molar-refractivity contribution >= 4 is 28.6 Å². The van der Waals surface area contributed by atoms with Gasteiger partial charge in [-0.25, -0.2) is 9.18 Å². The fraction of sp³-hybridized carbons (Fsp3) is 0.364. The molecule has 1 aromatic rings. The number of esters is 1. The first kappa shape index (κ1) is 12.4. The summed E-state index contributed by atoms with van der Waals surface area (Å²) in [4.78, 5) is 11.6. The molecule has 0 atom stereocenters. The lowest BCUT2D eigenvalue weighted by atomic mass is 10.1. The van der Waals surface area contributed by atoms with E-state index in [4.69, 9.17) is 4.74 Å². The number of hydrogen-bond acceptors (Lipinski definition) is 2. The Morgan fingerprint density at radius 1 is 1.40 bits per heavy atom. The number of carbonyl (C=O) groups excluding carboxylic acids is 1. The van der Waals surface area contributed by atoms with Gasteiger partial charge < -0.3 is 4.74 Å². The maximum atomic E-state index is 12.9. The van der Waals surface area contributed by atoms with Gasteiger partial charge in [-0.3, -0.25) is 0 Å². The lowest BCUT2D eigenvalue weighted by molar-refractivity contribution is 0.00694. The van der Waals surface area contributed by atoms with Crippen LogP contribution >= 0.6 is 22.6 Å². The molecule has 0 N–H and O–H groups in total. The lowest BCUT2D eigenvalue weighted by Crippen LogP contribution is -2.23. The van der Waals surface area contributed by atoms with Gasteiger partial charge in [0.15, 0.2) is 0 Å². The molecule has 0 spiro atoms. The van der Waals surface area contributed by atoms with Crippen molar-refractivity contribution in [2.45, 2.75) is 26.4 Å². The van der Waals surface area contributed by atoms with Crippen LogP contribution in [0, 0.1) is 9.39 Å². The van der Waals surface area contributed by atoms with Gasteiger partial charge >= 0.3 is 5.97 Å². The molecule has 1 aromatic carbocycles. The summed E-state index contributed by atoms with van der Waals surface area (Å²) in [6.45, 7) is 5.37. The maximum Gasteiger partial charge on any atom is 0.338 e. The monoisotopic (exact) mass is 322 g/mol. The molecule has 82 valence electrons. The van der Waals surface area contributed by atoms with Crippen LogP contribution in [0.5, 0.6) is 0 Å². The minimum Gasteiger partial charge on any atom is -0.456 e. The molecule has 0 heterocycles. The second-order valence-electron chi connectivity index (χ2n) is 4.13. The summed E-state index contributed by atoms with van der Waals surface area (Å²) in [5.74, 6) is -0.761. The Hall–Kier alpha value is -0.650. The van der Waals surface area contributed by atoms with Crippen molar-refractivity contribution in [1.82, 2.24) is 0 Å². The zero-order chi connectivity index (χ0) is 11.6. The summed E-state index contributed by atoms with van der Waals surface area (Å²) < 4.78 is 18.5. The lowest BCUT2D eigenvalue weighted by Gasteiger charge is -2.19. The Morgan fingerprint density at radius 3 is 2.47 bits per heavy atom. The van der Waals surface area contributed by atoms with Crippen molar-refractivity contribution < 1.29 is 13.9 Å². The quantitative estimate of drug-likeness (QED) is 0.585. The Bertz CT molecular complexity index is 383. The number of halogens is 2. The molecule has 1 rings (SSSR count). The molecular weight excluding hydrogens is 310 g/mol. The molecule has 0 amide bonds. The molecule has 0 aliphatic rings. The SMILES string of the molecule is CC(C)(C)OC(=O)c1ccc(F)c(I)c1. The summed E-state index contributed by atoms with van der Waals surface area (Å²) in [7, 11) is 0. The molecule has 0 aliphatic carbocycles. The molecule has 15 heavy (non-hydrogen) atoms. The topological polar surface area (TPSA) is 26.3 Å². The molecule has 0 aromatic heterocycles. The Morgan fingerprint density at radius 2 is 2.00 bits per heavy atom. The first-order valence-corrected chi connectivity index (χ1v) is 5.56. The minimum absolute atomic E-state index is 0.331. The molecule has 0 unspecified atom stereocenters. The number of carbonyl (C=O) groups is 1. The van der Waals surface area contributed by atoms with Crippen molar-refractivity contribution in [3.8, 4) is 0 Å². The third-order valence-corrected chi connectivity index (χ3v) is 2.38. The second-order valence-corrected chi connectivity index (χ2v) is 5.29. The van der Waals surface area contributed by atoms with Crippen LogP contribution in [0.4, 0.5) is 4.39 Å². The van der Waals surface area contributed by atoms with Crippen LogP contribution in [0.2, 0.25) is 0 Å². The smallest absolute Gasteiger partial charge is 0.338 e. The van der Waals surface area contributed by atoms with E-state index < -0.39 is 11.6 Å². The van der Waals surface area contributed by atoms with Crippen LogP contribution in [0.3, 0.4) is 0 Å². The average Bonchev–Trinajstić information content (AvgIpc) is 2.06. The van der Waals surface area contributed by atoms with E-state index in [0.29, 0.717) is 9.13 Å². The van der Waals surface area contributed by atoms with Gasteiger partial charge in [0.25, 0.3) is 0 Å². The highest BCUT2D eigenvalue weighted by molar-refractivity contribution is 14.1. The van der Waals surface area contributed by atoms with Gasteiger partial charge in [0.2, 0.25) is 0 Å². The summed E-state index contributed by atoms with van der Waals surface area (Å²) in [5, 5.41) is 0. The van der Waals surface area contributed by atoms with Crippen molar-refractivity contribution in [1.29, 1.82) is 0 Å². The molecule has 0 bridgehead atoms. The molecule has 0 fully saturated rings. The van der Waals surface area contributed by atoms with Gasteiger partial charge in [0.05, 0.1) is 5.56 Å². The largest absolute Gasteiger partial charge is 0.456 e. The van der Waals surface area contributed by atoms with E-state index in [9.17, 15) is 9.18 Å². The maximum absolute atomic E-state index is 12.9. The van der Waals surface area contributed by atoms with Gasteiger partial charge in [-0.2, -0.15) is 0 Å². The van der Waals surface area contributed by atoms with E-state index in [0.717, 1.165) is 0 Å². The van der Waals surface area contributed by atoms with E-state index in [2.05, 4.69) is 0 Å². The highest BCUT2D eigenvalue weighted by atomic mass is 127. The van der Waals surface area contributed by atoms with Crippen LogP contribution in [0.1, 0.15) is 31.1 Å². The fourth-order valence-electron chi connectivity index (χ4n) is 0.960. The van der Waals surface area contributed by atoms with E-state index >= 15 is 0 Å². The van der Waals surface area contributed by atoms with E-state index in [1.807, 2.05) is 22.6 Å². The number of ether oxygens (including phenoxy) is 1. The summed E-state index contributed by atoms with van der Waals surface area (Å²) >= 11 is 1.84. The van der Waals surface area contributed by atoms with Crippen molar-refractivity contribution in [3.05, 3.63) is 33.1 Å². The Balaban J connectivity index is 2.88. The molecule has 2 nitrogen and oxygen atoms in total. The summed E-state index contributed by atoms with van der Waals surface area (Å²) in [5.41, 5.74) is -0.160. The molecule has 0 aliphatic heterocycles. The van der Waals surface area contributed by atoms with Crippen molar-refractivity contribution in [3.63, 3.8) is 0 Å². The molecule has 0 saturated heterocycles. The first-order chi connectivity index (χ1) is 6.79. The predicted octanol–water partition coefficient (Wildman–Crippen LogP) is 3.39. The third-order valence-electron chi connectivity index (χ3n) is 1.55. The van der Waals surface area contributed by atoms with E-state index in [1.54, 1.807) is 20.8 Å². The van der Waals surface area contributed by atoms with Gasteiger partial charge in [-0.15, -0.1) is 0 Å². The van der Waals surface area contributed by atoms with Crippen molar-refractivity contribution in [2.75, 3.05) is 0 Å². The number of hydrogen-bond donors (Lipinski definition) is 0. The standard InChI is InChI=1S/C11H12FIO2/c1-11(2,3)15-10(14)7-4-5-8(12)9(13)6-7/h4-6H,1-3H3. The zero-order valence-electron chi connectivity index (χ0n) is 8.80. The highest BCUT2D eigenvalue weighted by Crippen LogP contribution is 2.16. The average molecular weight is 322 g/mol. The molecule has 0 radical (unpaired) electrons. The van der Waals surface area contributed by atoms with E-state index in [-0.39, 0.29) is 5.82 Å².